The number of benzene rings is 1. The second kappa shape index (κ2) is 7.59. The maximum atomic E-state index is 11.7. The number of nitrogens with one attached hydrogen (secondary N) is 1. The SMILES string of the molecule is CCC(=O)c1ccc(OCC(=O)NC[C@@H]2CCS(=O)(=O)C2)cc1. The molecular weight excluding hydrogens is 318 g/mol. The lowest BCUT2D eigenvalue weighted by molar-refractivity contribution is -0.123. The summed E-state index contributed by atoms with van der Waals surface area (Å²) in [6.45, 7) is 2.01. The summed E-state index contributed by atoms with van der Waals surface area (Å²) in [5.41, 5.74) is 0.617. The molecule has 1 aromatic rings. The van der Waals surface area contributed by atoms with Gasteiger partial charge in [0.1, 0.15) is 5.75 Å². The second-order valence-electron chi connectivity index (χ2n) is 5.66. The van der Waals surface area contributed by atoms with Crippen LogP contribution in [0.3, 0.4) is 0 Å². The molecule has 1 saturated heterocycles. The van der Waals surface area contributed by atoms with Gasteiger partial charge in [-0.25, -0.2) is 8.42 Å². The average Bonchev–Trinajstić information content (AvgIpc) is 2.89. The third kappa shape index (κ3) is 5.35. The molecule has 6 nitrogen and oxygen atoms in total. The van der Waals surface area contributed by atoms with Crippen LogP contribution in [0, 0.1) is 5.92 Å². The number of amides is 1. The Kier molecular flexibility index (Phi) is 5.76. The van der Waals surface area contributed by atoms with Crippen LogP contribution in [-0.2, 0) is 14.6 Å². The molecule has 23 heavy (non-hydrogen) atoms. The second-order valence-corrected chi connectivity index (χ2v) is 7.89. The van der Waals surface area contributed by atoms with Crippen LogP contribution in [0.5, 0.6) is 5.75 Å². The minimum Gasteiger partial charge on any atom is -0.484 e. The molecule has 0 saturated carbocycles. The molecule has 1 amide bonds. The Morgan fingerprint density at radius 2 is 1.96 bits per heavy atom. The Balaban J connectivity index is 1.73. The predicted molar refractivity (Wildman–Crippen MR) is 86.3 cm³/mol. The molecule has 1 fully saturated rings. The molecule has 0 unspecified atom stereocenters. The standard InChI is InChI=1S/C16H21NO5S/c1-2-15(18)13-3-5-14(6-4-13)22-10-16(19)17-9-12-7-8-23(20,21)11-12/h3-6,12H,2,7-11H2,1H3,(H,17,19)/t12-/m0/s1. The summed E-state index contributed by atoms with van der Waals surface area (Å²) < 4.78 is 28.0. The lowest BCUT2D eigenvalue weighted by Gasteiger charge is -2.10. The van der Waals surface area contributed by atoms with Crippen molar-refractivity contribution in [3.63, 3.8) is 0 Å². The van der Waals surface area contributed by atoms with Crippen molar-refractivity contribution < 1.29 is 22.7 Å². The number of hydrogen-bond acceptors (Lipinski definition) is 5. The fraction of sp³-hybridized carbons (Fsp3) is 0.500. The van der Waals surface area contributed by atoms with E-state index in [1.165, 1.54) is 0 Å². The fourth-order valence-electron chi connectivity index (χ4n) is 2.43. The highest BCUT2D eigenvalue weighted by Gasteiger charge is 2.27. The van der Waals surface area contributed by atoms with Gasteiger partial charge in [0.25, 0.3) is 5.91 Å². The van der Waals surface area contributed by atoms with Crippen LogP contribution in [0.15, 0.2) is 24.3 Å². The van der Waals surface area contributed by atoms with Crippen molar-refractivity contribution in [2.75, 3.05) is 24.7 Å². The number of carbonyl (C=O) groups excluding carboxylic acids is 2. The number of ether oxygens (including phenoxy) is 1. The summed E-state index contributed by atoms with van der Waals surface area (Å²) in [6, 6.07) is 6.64. The van der Waals surface area contributed by atoms with Crippen LogP contribution < -0.4 is 10.1 Å². The van der Waals surface area contributed by atoms with E-state index in [-0.39, 0.29) is 35.7 Å². The molecule has 1 heterocycles. The van der Waals surface area contributed by atoms with E-state index in [4.69, 9.17) is 4.74 Å². The zero-order valence-corrected chi connectivity index (χ0v) is 13.9. The first-order valence-electron chi connectivity index (χ1n) is 7.63. The van der Waals surface area contributed by atoms with Crippen LogP contribution in [-0.4, -0.2) is 44.8 Å². The summed E-state index contributed by atoms with van der Waals surface area (Å²) in [6.07, 6.45) is 1.04. The van der Waals surface area contributed by atoms with E-state index in [1.807, 2.05) is 0 Å². The van der Waals surface area contributed by atoms with Gasteiger partial charge < -0.3 is 10.1 Å². The van der Waals surface area contributed by atoms with Crippen molar-refractivity contribution >= 4 is 21.5 Å². The average molecular weight is 339 g/mol. The molecule has 0 aromatic heterocycles. The normalized spacial score (nSPS) is 19.3. The lowest BCUT2D eigenvalue weighted by atomic mass is 10.1. The van der Waals surface area contributed by atoms with E-state index in [2.05, 4.69) is 5.32 Å². The number of ketones is 1. The van der Waals surface area contributed by atoms with Crippen LogP contribution in [0.2, 0.25) is 0 Å². The zero-order chi connectivity index (χ0) is 16.9. The van der Waals surface area contributed by atoms with Gasteiger partial charge in [0.2, 0.25) is 0 Å². The highest BCUT2D eigenvalue weighted by molar-refractivity contribution is 7.91. The minimum absolute atomic E-state index is 0.0108. The number of rotatable bonds is 7. The maximum absolute atomic E-state index is 11.7. The number of sulfone groups is 1. The fourth-order valence-corrected chi connectivity index (χ4v) is 4.29. The molecule has 1 aliphatic rings. The van der Waals surface area contributed by atoms with E-state index < -0.39 is 9.84 Å². The quantitative estimate of drug-likeness (QED) is 0.754. The Morgan fingerprint density at radius 3 is 2.52 bits per heavy atom. The zero-order valence-electron chi connectivity index (χ0n) is 13.1. The molecule has 1 atom stereocenters. The molecule has 1 aromatic carbocycles. The monoisotopic (exact) mass is 339 g/mol. The van der Waals surface area contributed by atoms with E-state index in [0.717, 1.165) is 0 Å². The topological polar surface area (TPSA) is 89.5 Å². The molecular formula is C16H21NO5S. The molecule has 2 rings (SSSR count). The molecule has 0 bridgehead atoms. The Morgan fingerprint density at radius 1 is 1.26 bits per heavy atom. The lowest BCUT2D eigenvalue weighted by Crippen LogP contribution is -2.33. The van der Waals surface area contributed by atoms with Gasteiger partial charge in [-0.2, -0.15) is 0 Å². The van der Waals surface area contributed by atoms with E-state index >= 15 is 0 Å². The highest BCUT2D eigenvalue weighted by atomic mass is 32.2. The number of carbonyl (C=O) groups is 2. The van der Waals surface area contributed by atoms with Crippen LogP contribution in [0.1, 0.15) is 30.1 Å². The molecule has 126 valence electrons. The van der Waals surface area contributed by atoms with Crippen molar-refractivity contribution in [1.29, 1.82) is 0 Å². The van der Waals surface area contributed by atoms with Crippen molar-refractivity contribution in [2.45, 2.75) is 19.8 Å². The van der Waals surface area contributed by atoms with Crippen molar-refractivity contribution in [3.8, 4) is 5.75 Å². The largest absolute Gasteiger partial charge is 0.484 e. The Bertz CT molecular complexity index is 666. The van der Waals surface area contributed by atoms with Crippen molar-refractivity contribution in [3.05, 3.63) is 29.8 Å². The molecule has 7 heteroatoms. The van der Waals surface area contributed by atoms with Gasteiger partial charge in [-0.15, -0.1) is 0 Å². The molecule has 0 radical (unpaired) electrons. The molecule has 1 N–H and O–H groups in total. The summed E-state index contributed by atoms with van der Waals surface area (Å²) in [5, 5.41) is 2.69. The van der Waals surface area contributed by atoms with E-state index in [0.29, 0.717) is 30.7 Å². The molecule has 1 aliphatic heterocycles. The first-order valence-corrected chi connectivity index (χ1v) is 9.45. The Hall–Kier alpha value is -1.89. The predicted octanol–water partition coefficient (Wildman–Crippen LogP) is 1.21. The van der Waals surface area contributed by atoms with Gasteiger partial charge in [0.15, 0.2) is 22.2 Å². The van der Waals surface area contributed by atoms with Gasteiger partial charge in [0.05, 0.1) is 11.5 Å². The first kappa shape index (κ1) is 17.5. The summed E-state index contributed by atoms with van der Waals surface area (Å²) in [5.74, 6) is 0.608. The molecule has 0 aliphatic carbocycles. The van der Waals surface area contributed by atoms with Gasteiger partial charge in [-0.1, -0.05) is 6.92 Å². The number of hydrogen-bond donors (Lipinski definition) is 1. The van der Waals surface area contributed by atoms with Gasteiger partial charge in [-0.3, -0.25) is 9.59 Å². The smallest absolute Gasteiger partial charge is 0.257 e. The Labute approximate surface area is 136 Å². The van der Waals surface area contributed by atoms with Crippen LogP contribution in [0.4, 0.5) is 0 Å². The van der Waals surface area contributed by atoms with Crippen molar-refractivity contribution in [1.82, 2.24) is 5.32 Å². The highest BCUT2D eigenvalue weighted by Crippen LogP contribution is 2.17. The number of Topliss-reactive ketones (excluding diaryl/α,β-unsaturated/α-hetero) is 1. The molecule has 0 spiro atoms. The third-order valence-corrected chi connectivity index (χ3v) is 5.62. The van der Waals surface area contributed by atoms with E-state index in [1.54, 1.807) is 31.2 Å². The van der Waals surface area contributed by atoms with Crippen LogP contribution >= 0.6 is 0 Å². The summed E-state index contributed by atoms with van der Waals surface area (Å²) >= 11 is 0. The third-order valence-electron chi connectivity index (χ3n) is 3.78. The van der Waals surface area contributed by atoms with Gasteiger partial charge in [0, 0.05) is 18.5 Å². The van der Waals surface area contributed by atoms with Gasteiger partial charge >= 0.3 is 0 Å². The van der Waals surface area contributed by atoms with Crippen molar-refractivity contribution in [2.24, 2.45) is 5.92 Å². The van der Waals surface area contributed by atoms with Gasteiger partial charge in [-0.05, 0) is 36.6 Å². The van der Waals surface area contributed by atoms with E-state index in [9.17, 15) is 18.0 Å². The first-order chi connectivity index (χ1) is 10.9. The minimum atomic E-state index is -2.92. The summed E-state index contributed by atoms with van der Waals surface area (Å²) in [4.78, 5) is 23.2. The summed E-state index contributed by atoms with van der Waals surface area (Å²) in [7, 11) is -2.92. The van der Waals surface area contributed by atoms with Crippen LogP contribution in [0.25, 0.3) is 0 Å². The maximum Gasteiger partial charge on any atom is 0.257 e.